The van der Waals surface area contributed by atoms with E-state index < -0.39 is 5.97 Å². The molecule has 1 aromatic heterocycles. The molecular weight excluding hydrogens is 336 g/mol. The zero-order valence-electron chi connectivity index (χ0n) is 11.9. The van der Waals surface area contributed by atoms with Crippen LogP contribution in [0.1, 0.15) is 21.5 Å². The van der Waals surface area contributed by atoms with Crippen molar-refractivity contribution in [3.05, 3.63) is 45.6 Å². The number of anilines is 1. The van der Waals surface area contributed by atoms with Gasteiger partial charge in [0.05, 0.1) is 12.7 Å². The van der Waals surface area contributed by atoms with Gasteiger partial charge in [0.1, 0.15) is 11.4 Å². The molecule has 0 bridgehead atoms. The van der Waals surface area contributed by atoms with Gasteiger partial charge in [-0.1, -0.05) is 15.9 Å². The number of rotatable bonds is 3. The number of esters is 1. The van der Waals surface area contributed by atoms with Crippen LogP contribution in [0.3, 0.4) is 0 Å². The molecular formula is C15H15BrN2O3. The monoisotopic (exact) mass is 350 g/mol. The average molecular weight is 351 g/mol. The summed E-state index contributed by atoms with van der Waals surface area (Å²) in [4.78, 5) is 15.7. The Labute approximate surface area is 131 Å². The lowest BCUT2D eigenvalue weighted by atomic mass is 10.1. The number of hydrogen-bond donors (Lipinski definition) is 1. The standard InChI is InChI=1S/C15H15BrN2O3/c1-8-6-10(7-9(2)12(8)16)21-14-13(17)11(4-5-18-14)15(19)20-3/h4-7H,17H2,1-3H3. The highest BCUT2D eigenvalue weighted by Crippen LogP contribution is 2.32. The summed E-state index contributed by atoms with van der Waals surface area (Å²) < 4.78 is 11.4. The van der Waals surface area contributed by atoms with Gasteiger partial charge in [0.2, 0.25) is 5.88 Å². The minimum absolute atomic E-state index is 0.155. The van der Waals surface area contributed by atoms with Crippen LogP contribution < -0.4 is 10.5 Å². The summed E-state index contributed by atoms with van der Waals surface area (Å²) in [5.41, 5.74) is 8.37. The first-order chi connectivity index (χ1) is 9.93. The molecule has 2 rings (SSSR count). The third-order valence-corrected chi connectivity index (χ3v) is 4.23. The molecule has 0 radical (unpaired) electrons. The molecule has 5 nitrogen and oxygen atoms in total. The Morgan fingerprint density at radius 3 is 2.48 bits per heavy atom. The number of ether oxygens (including phenoxy) is 2. The van der Waals surface area contributed by atoms with Crippen molar-refractivity contribution in [2.24, 2.45) is 0 Å². The van der Waals surface area contributed by atoms with Crippen LogP contribution >= 0.6 is 15.9 Å². The minimum atomic E-state index is -0.525. The zero-order valence-corrected chi connectivity index (χ0v) is 13.5. The van der Waals surface area contributed by atoms with Crippen molar-refractivity contribution in [3.8, 4) is 11.6 Å². The molecule has 0 aliphatic heterocycles. The molecule has 0 spiro atoms. The number of nitrogens with two attached hydrogens (primary N) is 1. The van der Waals surface area contributed by atoms with Crippen LogP contribution in [-0.2, 0) is 4.74 Å². The molecule has 6 heteroatoms. The molecule has 21 heavy (non-hydrogen) atoms. The van der Waals surface area contributed by atoms with Crippen molar-refractivity contribution in [2.45, 2.75) is 13.8 Å². The van der Waals surface area contributed by atoms with Crippen molar-refractivity contribution < 1.29 is 14.3 Å². The van der Waals surface area contributed by atoms with Crippen LogP contribution in [0.4, 0.5) is 5.69 Å². The Hall–Kier alpha value is -2.08. The number of carbonyl (C=O) groups is 1. The number of halogens is 1. The number of aryl methyl sites for hydroxylation is 2. The molecule has 0 saturated carbocycles. The Kier molecular flexibility index (Phi) is 4.47. The fourth-order valence-corrected chi connectivity index (χ4v) is 2.13. The van der Waals surface area contributed by atoms with Gasteiger partial charge in [0.25, 0.3) is 0 Å². The number of carbonyl (C=O) groups excluding carboxylic acids is 1. The summed E-state index contributed by atoms with van der Waals surface area (Å²) in [6, 6.07) is 5.22. The molecule has 110 valence electrons. The molecule has 0 fully saturated rings. The molecule has 0 atom stereocenters. The van der Waals surface area contributed by atoms with Crippen LogP contribution in [0.5, 0.6) is 11.6 Å². The number of benzene rings is 1. The molecule has 0 aliphatic carbocycles. The predicted octanol–water partition coefficient (Wildman–Crippen LogP) is 3.62. The molecule has 1 heterocycles. The van der Waals surface area contributed by atoms with Crippen molar-refractivity contribution >= 4 is 27.6 Å². The molecule has 2 aromatic rings. The van der Waals surface area contributed by atoms with Gasteiger partial charge in [-0.05, 0) is 43.2 Å². The van der Waals surface area contributed by atoms with E-state index in [1.54, 1.807) is 0 Å². The number of pyridine rings is 1. The lowest BCUT2D eigenvalue weighted by Gasteiger charge is -2.12. The van der Waals surface area contributed by atoms with Crippen LogP contribution in [0.15, 0.2) is 28.9 Å². The Balaban J connectivity index is 2.38. The van der Waals surface area contributed by atoms with E-state index in [-0.39, 0.29) is 17.1 Å². The first-order valence-electron chi connectivity index (χ1n) is 6.21. The molecule has 2 N–H and O–H groups in total. The van der Waals surface area contributed by atoms with E-state index in [4.69, 9.17) is 10.5 Å². The van der Waals surface area contributed by atoms with Gasteiger partial charge >= 0.3 is 5.97 Å². The summed E-state index contributed by atoms with van der Waals surface area (Å²) in [6.45, 7) is 3.93. The van der Waals surface area contributed by atoms with Crippen LogP contribution in [0, 0.1) is 13.8 Å². The van der Waals surface area contributed by atoms with Crippen molar-refractivity contribution in [1.82, 2.24) is 4.98 Å². The van der Waals surface area contributed by atoms with E-state index in [0.29, 0.717) is 5.75 Å². The summed E-state index contributed by atoms with van der Waals surface area (Å²) in [6.07, 6.45) is 1.45. The Morgan fingerprint density at radius 1 is 1.29 bits per heavy atom. The zero-order chi connectivity index (χ0) is 15.6. The van der Waals surface area contributed by atoms with Crippen LogP contribution in [0.25, 0.3) is 0 Å². The molecule has 1 aromatic carbocycles. The van der Waals surface area contributed by atoms with Gasteiger partial charge in [0.15, 0.2) is 0 Å². The SMILES string of the molecule is COC(=O)c1ccnc(Oc2cc(C)c(Br)c(C)c2)c1N. The van der Waals surface area contributed by atoms with Gasteiger partial charge in [-0.2, -0.15) is 0 Å². The normalized spacial score (nSPS) is 10.3. The van der Waals surface area contributed by atoms with E-state index in [2.05, 4.69) is 25.7 Å². The van der Waals surface area contributed by atoms with Crippen LogP contribution in [-0.4, -0.2) is 18.1 Å². The van der Waals surface area contributed by atoms with Gasteiger partial charge in [0, 0.05) is 10.7 Å². The summed E-state index contributed by atoms with van der Waals surface area (Å²) in [5.74, 6) is 0.261. The predicted molar refractivity (Wildman–Crippen MR) is 83.7 cm³/mol. The van der Waals surface area contributed by atoms with E-state index >= 15 is 0 Å². The quantitative estimate of drug-likeness (QED) is 0.855. The first kappa shape index (κ1) is 15.3. The Bertz CT molecular complexity index is 678. The topological polar surface area (TPSA) is 74.4 Å². The fourth-order valence-electron chi connectivity index (χ4n) is 1.90. The molecule has 0 amide bonds. The van der Waals surface area contributed by atoms with Gasteiger partial charge in [-0.25, -0.2) is 9.78 Å². The smallest absolute Gasteiger partial charge is 0.340 e. The second-order valence-corrected chi connectivity index (χ2v) is 5.34. The second kappa shape index (κ2) is 6.13. The van der Waals surface area contributed by atoms with Crippen molar-refractivity contribution in [3.63, 3.8) is 0 Å². The highest BCUT2D eigenvalue weighted by molar-refractivity contribution is 9.10. The van der Waals surface area contributed by atoms with E-state index in [9.17, 15) is 4.79 Å². The summed E-state index contributed by atoms with van der Waals surface area (Å²) in [5, 5.41) is 0. The van der Waals surface area contributed by atoms with Gasteiger partial charge in [-0.15, -0.1) is 0 Å². The van der Waals surface area contributed by atoms with Crippen molar-refractivity contribution in [1.29, 1.82) is 0 Å². The number of nitrogen functional groups attached to an aromatic ring is 1. The van der Waals surface area contributed by atoms with Crippen molar-refractivity contribution in [2.75, 3.05) is 12.8 Å². The maximum Gasteiger partial charge on any atom is 0.340 e. The number of methoxy groups -OCH3 is 1. The maximum absolute atomic E-state index is 11.6. The third-order valence-electron chi connectivity index (χ3n) is 2.98. The van der Waals surface area contributed by atoms with Gasteiger partial charge < -0.3 is 15.2 Å². The number of hydrogen-bond acceptors (Lipinski definition) is 5. The van der Waals surface area contributed by atoms with E-state index in [0.717, 1.165) is 15.6 Å². The third kappa shape index (κ3) is 3.16. The van der Waals surface area contributed by atoms with E-state index in [1.807, 2.05) is 26.0 Å². The van der Waals surface area contributed by atoms with E-state index in [1.165, 1.54) is 19.4 Å². The number of aromatic nitrogens is 1. The first-order valence-corrected chi connectivity index (χ1v) is 7.00. The van der Waals surface area contributed by atoms with Crippen LogP contribution in [0.2, 0.25) is 0 Å². The largest absolute Gasteiger partial charge is 0.465 e. The second-order valence-electron chi connectivity index (χ2n) is 4.54. The lowest BCUT2D eigenvalue weighted by Crippen LogP contribution is -2.07. The maximum atomic E-state index is 11.6. The van der Waals surface area contributed by atoms with Gasteiger partial charge in [-0.3, -0.25) is 0 Å². The summed E-state index contributed by atoms with van der Waals surface area (Å²) in [7, 11) is 1.30. The summed E-state index contributed by atoms with van der Waals surface area (Å²) >= 11 is 3.50. The molecule has 0 unspecified atom stereocenters. The Morgan fingerprint density at radius 2 is 1.90 bits per heavy atom. The number of nitrogens with zero attached hydrogens (tertiary/aromatic N) is 1. The lowest BCUT2D eigenvalue weighted by molar-refractivity contribution is 0.0601. The minimum Gasteiger partial charge on any atom is -0.465 e. The molecule has 0 aliphatic rings. The molecule has 0 saturated heterocycles. The fraction of sp³-hybridized carbons (Fsp3) is 0.200. The highest BCUT2D eigenvalue weighted by Gasteiger charge is 2.15. The average Bonchev–Trinajstić information content (AvgIpc) is 2.46. The highest BCUT2D eigenvalue weighted by atomic mass is 79.9.